The highest BCUT2D eigenvalue weighted by molar-refractivity contribution is 7.56. The van der Waals surface area contributed by atoms with Crippen molar-refractivity contribution >= 4 is 13.5 Å². The molecule has 0 bridgehead atoms. The Bertz CT molecular complexity index is 447. The van der Waals surface area contributed by atoms with Crippen LogP contribution in [-0.4, -0.2) is 25.8 Å². The normalized spacial score (nSPS) is 13.9. The minimum atomic E-state index is -3.07. The topological polar surface area (TPSA) is 64.6 Å². The van der Waals surface area contributed by atoms with Gasteiger partial charge in [0.05, 0.1) is 6.61 Å². The first-order valence-electron chi connectivity index (χ1n) is 6.12. The maximum atomic E-state index is 12.1. The van der Waals surface area contributed by atoms with E-state index in [-0.39, 0.29) is 12.5 Å². The number of hydrogen-bond donors (Lipinski definition) is 1. The van der Waals surface area contributed by atoms with Gasteiger partial charge >= 0.3 is 13.5 Å². The first-order chi connectivity index (χ1) is 8.89. The van der Waals surface area contributed by atoms with Gasteiger partial charge < -0.3 is 9.26 Å². The van der Waals surface area contributed by atoms with E-state index < -0.39 is 13.5 Å². The summed E-state index contributed by atoms with van der Waals surface area (Å²) >= 11 is 0. The highest BCUT2D eigenvalue weighted by Crippen LogP contribution is 2.38. The zero-order valence-corrected chi connectivity index (χ0v) is 12.4. The molecule has 5 nitrogen and oxygen atoms in total. The van der Waals surface area contributed by atoms with Gasteiger partial charge in [0, 0.05) is 6.66 Å². The van der Waals surface area contributed by atoms with Crippen LogP contribution in [0.1, 0.15) is 13.8 Å². The van der Waals surface area contributed by atoms with E-state index in [1.54, 1.807) is 24.3 Å². The Morgan fingerprint density at radius 2 is 1.95 bits per heavy atom. The molecule has 1 N–H and O–H groups in total. The Morgan fingerprint density at radius 3 is 2.53 bits per heavy atom. The summed E-state index contributed by atoms with van der Waals surface area (Å²) in [7, 11) is -3.07. The lowest BCUT2D eigenvalue weighted by molar-refractivity contribution is -0.143. The smallest absolute Gasteiger partial charge is 0.320 e. The van der Waals surface area contributed by atoms with Crippen molar-refractivity contribution in [1.29, 1.82) is 0 Å². The molecule has 0 aliphatic carbocycles. The third kappa shape index (κ3) is 6.99. The van der Waals surface area contributed by atoms with Gasteiger partial charge in [-0.1, -0.05) is 32.0 Å². The van der Waals surface area contributed by atoms with Crippen molar-refractivity contribution in [3.63, 3.8) is 0 Å². The number of benzene rings is 1. The van der Waals surface area contributed by atoms with Gasteiger partial charge in [0.25, 0.3) is 0 Å². The first-order valence-corrected chi connectivity index (χ1v) is 8.19. The van der Waals surface area contributed by atoms with E-state index in [1.807, 2.05) is 19.9 Å². The Kier molecular flexibility index (Phi) is 6.06. The molecule has 0 aromatic heterocycles. The van der Waals surface area contributed by atoms with Crippen LogP contribution in [0.2, 0.25) is 0 Å². The molecular weight excluding hydrogens is 265 g/mol. The molecule has 6 heteroatoms. The number of ether oxygens (including phenoxy) is 1. The highest BCUT2D eigenvalue weighted by atomic mass is 31.2. The predicted molar refractivity (Wildman–Crippen MR) is 74.4 cm³/mol. The first kappa shape index (κ1) is 15.7. The van der Waals surface area contributed by atoms with E-state index in [0.29, 0.717) is 12.4 Å². The molecule has 1 unspecified atom stereocenters. The van der Waals surface area contributed by atoms with Crippen LogP contribution in [0.25, 0.3) is 0 Å². The number of nitrogens with one attached hydrogen (secondary N) is 1. The Morgan fingerprint density at radius 1 is 1.32 bits per heavy atom. The summed E-state index contributed by atoms with van der Waals surface area (Å²) in [5.41, 5.74) is 0. The maximum Gasteiger partial charge on any atom is 0.320 e. The van der Waals surface area contributed by atoms with Gasteiger partial charge in [-0.25, -0.2) is 5.09 Å². The van der Waals surface area contributed by atoms with Gasteiger partial charge in [-0.05, 0) is 18.1 Å². The molecular formula is C13H20NO4P. The van der Waals surface area contributed by atoms with Gasteiger partial charge in [-0.15, -0.1) is 0 Å². The lowest BCUT2D eigenvalue weighted by Gasteiger charge is -2.16. The van der Waals surface area contributed by atoms with Crippen molar-refractivity contribution in [2.75, 3.05) is 19.8 Å². The van der Waals surface area contributed by atoms with E-state index in [2.05, 4.69) is 5.09 Å². The second kappa shape index (κ2) is 7.31. The zero-order chi connectivity index (χ0) is 14.3. The summed E-state index contributed by atoms with van der Waals surface area (Å²) < 4.78 is 22.4. The molecule has 1 aromatic rings. The number of hydrogen-bond acceptors (Lipinski definition) is 4. The van der Waals surface area contributed by atoms with Crippen molar-refractivity contribution in [2.45, 2.75) is 13.8 Å². The lowest BCUT2D eigenvalue weighted by atomic mass is 10.2. The van der Waals surface area contributed by atoms with E-state index in [4.69, 9.17) is 9.26 Å². The Labute approximate surface area is 113 Å². The second-order valence-electron chi connectivity index (χ2n) is 4.66. The standard InChI is InChI=1S/C13H20NO4P/c1-11(2)10-17-13(15)9-14-19(3,16)18-12-7-5-4-6-8-12/h4-8,11H,9-10H2,1-3H3,(H,14,16). The van der Waals surface area contributed by atoms with Gasteiger partial charge in [0.2, 0.25) is 0 Å². The second-order valence-corrected chi connectivity index (χ2v) is 6.85. The summed E-state index contributed by atoms with van der Waals surface area (Å²) in [4.78, 5) is 11.4. The van der Waals surface area contributed by atoms with Crippen LogP contribution < -0.4 is 9.61 Å². The SMILES string of the molecule is CC(C)COC(=O)CNP(C)(=O)Oc1ccccc1. The summed E-state index contributed by atoms with van der Waals surface area (Å²) in [6.07, 6.45) is 0. The summed E-state index contributed by atoms with van der Waals surface area (Å²) in [6.45, 7) is 5.55. The lowest BCUT2D eigenvalue weighted by Crippen LogP contribution is -2.25. The van der Waals surface area contributed by atoms with E-state index in [9.17, 15) is 9.36 Å². The summed E-state index contributed by atoms with van der Waals surface area (Å²) in [6, 6.07) is 8.81. The monoisotopic (exact) mass is 285 g/mol. The number of carbonyl (C=O) groups excluding carboxylic acids is 1. The fourth-order valence-corrected chi connectivity index (χ4v) is 2.24. The molecule has 0 saturated heterocycles. The molecule has 19 heavy (non-hydrogen) atoms. The third-order valence-electron chi connectivity index (χ3n) is 2.11. The molecule has 1 atom stereocenters. The van der Waals surface area contributed by atoms with Crippen molar-refractivity contribution in [2.24, 2.45) is 5.92 Å². The van der Waals surface area contributed by atoms with Crippen LogP contribution in [-0.2, 0) is 14.1 Å². The minimum Gasteiger partial charge on any atom is -0.464 e. The predicted octanol–water partition coefficient (Wildman–Crippen LogP) is 2.68. The zero-order valence-electron chi connectivity index (χ0n) is 11.5. The van der Waals surface area contributed by atoms with Gasteiger partial charge in [0.1, 0.15) is 12.3 Å². The van der Waals surface area contributed by atoms with Crippen molar-refractivity contribution in [3.8, 4) is 5.75 Å². The van der Waals surface area contributed by atoms with E-state index in [0.717, 1.165) is 0 Å². The van der Waals surface area contributed by atoms with Crippen LogP contribution in [0.5, 0.6) is 5.75 Å². The van der Waals surface area contributed by atoms with Crippen LogP contribution in [0, 0.1) is 5.92 Å². The van der Waals surface area contributed by atoms with Gasteiger partial charge in [-0.2, -0.15) is 0 Å². The van der Waals surface area contributed by atoms with Crippen LogP contribution in [0.4, 0.5) is 0 Å². The molecule has 1 aromatic carbocycles. The van der Waals surface area contributed by atoms with Gasteiger partial charge in [0.15, 0.2) is 0 Å². The number of esters is 1. The Hall–Kier alpha value is -1.32. The van der Waals surface area contributed by atoms with Crippen molar-refractivity contribution in [3.05, 3.63) is 30.3 Å². The number of para-hydroxylation sites is 1. The molecule has 0 amide bonds. The number of carbonyl (C=O) groups is 1. The molecule has 0 fully saturated rings. The maximum absolute atomic E-state index is 12.1. The molecule has 0 aliphatic heterocycles. The molecule has 106 valence electrons. The molecule has 0 spiro atoms. The largest absolute Gasteiger partial charge is 0.464 e. The van der Waals surface area contributed by atoms with Crippen molar-refractivity contribution in [1.82, 2.24) is 5.09 Å². The summed E-state index contributed by atoms with van der Waals surface area (Å²) in [5, 5.41) is 2.59. The fourth-order valence-electron chi connectivity index (χ4n) is 1.23. The average molecular weight is 285 g/mol. The van der Waals surface area contributed by atoms with Gasteiger partial charge in [-0.3, -0.25) is 9.36 Å². The third-order valence-corrected chi connectivity index (χ3v) is 3.40. The fraction of sp³-hybridized carbons (Fsp3) is 0.462. The number of rotatable bonds is 7. The molecule has 0 saturated carbocycles. The molecule has 0 heterocycles. The quantitative estimate of drug-likeness (QED) is 0.616. The van der Waals surface area contributed by atoms with Crippen LogP contribution in [0.15, 0.2) is 30.3 Å². The minimum absolute atomic E-state index is 0.132. The average Bonchev–Trinajstić information content (AvgIpc) is 2.34. The molecule has 1 rings (SSSR count). The van der Waals surface area contributed by atoms with E-state index in [1.165, 1.54) is 6.66 Å². The summed E-state index contributed by atoms with van der Waals surface area (Å²) in [5.74, 6) is 0.335. The van der Waals surface area contributed by atoms with Crippen LogP contribution in [0.3, 0.4) is 0 Å². The highest BCUT2D eigenvalue weighted by Gasteiger charge is 2.18. The van der Waals surface area contributed by atoms with E-state index >= 15 is 0 Å². The van der Waals surface area contributed by atoms with Crippen LogP contribution >= 0.6 is 7.52 Å². The molecule has 0 aliphatic rings. The Balaban J connectivity index is 2.38. The van der Waals surface area contributed by atoms with Crippen molar-refractivity contribution < 1.29 is 18.6 Å². The molecule has 0 radical (unpaired) electrons.